The van der Waals surface area contributed by atoms with Crippen molar-refractivity contribution in [2.24, 2.45) is 0 Å². The van der Waals surface area contributed by atoms with E-state index in [9.17, 15) is 17.6 Å². The number of furan rings is 1. The summed E-state index contributed by atoms with van der Waals surface area (Å²) in [5.41, 5.74) is 0.742. The van der Waals surface area contributed by atoms with Gasteiger partial charge in [-0.2, -0.15) is 13.8 Å². The van der Waals surface area contributed by atoms with Crippen molar-refractivity contribution >= 4 is 0 Å². The molecular formula is C19H10F4N2O3. The van der Waals surface area contributed by atoms with Gasteiger partial charge in [-0.3, -0.25) is 0 Å². The van der Waals surface area contributed by atoms with E-state index in [-0.39, 0.29) is 23.5 Å². The summed E-state index contributed by atoms with van der Waals surface area (Å²) in [5, 5.41) is 3.85. The predicted molar refractivity (Wildman–Crippen MR) is 88.0 cm³/mol. The topological polar surface area (TPSA) is 61.3 Å². The normalized spacial score (nSPS) is 11.0. The van der Waals surface area contributed by atoms with Gasteiger partial charge in [-0.15, -0.1) is 0 Å². The van der Waals surface area contributed by atoms with Crippen LogP contribution in [0.25, 0.3) is 23.0 Å². The summed E-state index contributed by atoms with van der Waals surface area (Å²) in [5.74, 6) is -6.80. The van der Waals surface area contributed by atoms with E-state index in [1.54, 1.807) is 12.1 Å². The lowest BCUT2D eigenvalue weighted by molar-refractivity contribution is 0.237. The highest BCUT2D eigenvalue weighted by molar-refractivity contribution is 5.57. The highest BCUT2D eigenvalue weighted by Crippen LogP contribution is 2.28. The van der Waals surface area contributed by atoms with Gasteiger partial charge in [0.25, 0.3) is 5.89 Å². The van der Waals surface area contributed by atoms with E-state index in [1.165, 1.54) is 12.1 Å². The lowest BCUT2D eigenvalue weighted by Crippen LogP contribution is -2.03. The minimum Gasteiger partial charge on any atom is -0.479 e. The van der Waals surface area contributed by atoms with Gasteiger partial charge in [0.05, 0.1) is 0 Å². The van der Waals surface area contributed by atoms with Gasteiger partial charge in [0.1, 0.15) is 12.4 Å². The molecule has 0 aliphatic heterocycles. The summed E-state index contributed by atoms with van der Waals surface area (Å²) in [6.45, 7) is -0.476. The third-order valence-electron chi connectivity index (χ3n) is 3.76. The minimum absolute atomic E-state index is 0.0827. The largest absolute Gasteiger partial charge is 0.479 e. The molecule has 0 bridgehead atoms. The summed E-state index contributed by atoms with van der Waals surface area (Å²) in [6, 6.07) is 12.1. The Morgan fingerprint density at radius 2 is 1.61 bits per heavy atom. The quantitative estimate of drug-likeness (QED) is 0.349. The second-order valence-electron chi connectivity index (χ2n) is 5.64. The lowest BCUT2D eigenvalue weighted by atomic mass is 10.2. The van der Waals surface area contributed by atoms with E-state index in [0.29, 0.717) is 5.82 Å². The molecule has 9 heteroatoms. The molecule has 28 heavy (non-hydrogen) atoms. The third-order valence-corrected chi connectivity index (χ3v) is 3.76. The molecule has 5 nitrogen and oxygen atoms in total. The molecule has 0 amide bonds. The zero-order chi connectivity index (χ0) is 19.7. The average Bonchev–Trinajstić information content (AvgIpc) is 3.37. The second-order valence-corrected chi connectivity index (χ2v) is 5.64. The Hall–Kier alpha value is -3.62. The van der Waals surface area contributed by atoms with Crippen molar-refractivity contribution in [2.75, 3.05) is 0 Å². The fourth-order valence-electron chi connectivity index (χ4n) is 2.42. The first-order chi connectivity index (χ1) is 13.5. The van der Waals surface area contributed by atoms with Crippen molar-refractivity contribution < 1.29 is 31.2 Å². The number of ether oxygens (including phenoxy) is 1. The van der Waals surface area contributed by atoms with Crippen LogP contribution in [0.5, 0.6) is 5.75 Å². The zero-order valence-corrected chi connectivity index (χ0v) is 14.0. The molecule has 0 radical (unpaired) electrons. The van der Waals surface area contributed by atoms with E-state index in [1.807, 2.05) is 18.2 Å². The number of halogens is 4. The average molecular weight is 390 g/mol. The molecule has 0 aliphatic rings. The van der Waals surface area contributed by atoms with Crippen molar-refractivity contribution in [1.29, 1.82) is 0 Å². The monoisotopic (exact) mass is 390 g/mol. The number of benzene rings is 2. The van der Waals surface area contributed by atoms with Crippen molar-refractivity contribution in [1.82, 2.24) is 10.1 Å². The molecule has 0 N–H and O–H groups in total. The summed E-state index contributed by atoms with van der Waals surface area (Å²) in [6.07, 6.45) is 0. The molecule has 0 saturated carbocycles. The Morgan fingerprint density at radius 3 is 2.32 bits per heavy atom. The summed E-state index contributed by atoms with van der Waals surface area (Å²) in [7, 11) is 0. The maximum atomic E-state index is 13.6. The van der Waals surface area contributed by atoms with Crippen molar-refractivity contribution in [3.63, 3.8) is 0 Å². The van der Waals surface area contributed by atoms with Crippen LogP contribution >= 0.6 is 0 Å². The molecule has 0 aliphatic carbocycles. The molecule has 2 aromatic carbocycles. The number of nitrogens with zero attached hydrogens (tertiary/aromatic N) is 2. The second kappa shape index (κ2) is 7.18. The molecule has 0 fully saturated rings. The molecular weight excluding hydrogens is 380 g/mol. The SMILES string of the molecule is Fc1cc(F)c(F)c(OCc2ccc(-c3nc(-c4ccccc4)no3)o2)c1F. The van der Waals surface area contributed by atoms with Gasteiger partial charge >= 0.3 is 0 Å². The Kier molecular flexibility index (Phi) is 4.56. The maximum absolute atomic E-state index is 13.6. The highest BCUT2D eigenvalue weighted by Gasteiger charge is 2.21. The molecule has 2 heterocycles. The number of rotatable bonds is 5. The Balaban J connectivity index is 1.51. The first kappa shape index (κ1) is 17.8. The molecule has 0 spiro atoms. The van der Waals surface area contributed by atoms with Crippen molar-refractivity contribution in [2.45, 2.75) is 6.61 Å². The standard InChI is InChI=1S/C19H10F4N2O3/c20-12-8-13(21)16(23)17(15(12)22)26-9-11-6-7-14(27-11)19-24-18(25-28-19)10-4-2-1-3-5-10/h1-8H,9H2. The highest BCUT2D eigenvalue weighted by atomic mass is 19.2. The molecule has 0 atom stereocenters. The Morgan fingerprint density at radius 1 is 0.893 bits per heavy atom. The van der Waals surface area contributed by atoms with Gasteiger partial charge in [-0.1, -0.05) is 35.5 Å². The minimum atomic E-state index is -1.63. The van der Waals surface area contributed by atoms with E-state index in [0.717, 1.165) is 5.56 Å². The first-order valence-corrected chi connectivity index (χ1v) is 7.97. The molecule has 4 aromatic rings. The predicted octanol–water partition coefficient (Wildman–Crippen LogP) is 5.13. The van der Waals surface area contributed by atoms with E-state index >= 15 is 0 Å². The van der Waals surface area contributed by atoms with Gasteiger partial charge < -0.3 is 13.7 Å². The van der Waals surface area contributed by atoms with Crippen LogP contribution in [0.4, 0.5) is 17.6 Å². The van der Waals surface area contributed by atoms with Gasteiger partial charge in [0.2, 0.25) is 17.5 Å². The zero-order valence-electron chi connectivity index (χ0n) is 14.0. The Bertz CT molecular complexity index is 1100. The van der Waals surface area contributed by atoms with Crippen LogP contribution in [0, 0.1) is 23.3 Å². The summed E-state index contributed by atoms with van der Waals surface area (Å²) in [4.78, 5) is 4.20. The molecule has 0 saturated heterocycles. The molecule has 142 valence electrons. The van der Waals surface area contributed by atoms with Gasteiger partial charge in [0.15, 0.2) is 23.1 Å². The first-order valence-electron chi connectivity index (χ1n) is 7.97. The van der Waals surface area contributed by atoms with Crippen LogP contribution in [0.3, 0.4) is 0 Å². The molecule has 4 rings (SSSR count). The fraction of sp³-hybridized carbons (Fsp3) is 0.0526. The van der Waals surface area contributed by atoms with Crippen LogP contribution < -0.4 is 4.74 Å². The summed E-state index contributed by atoms with van der Waals surface area (Å²) < 4.78 is 69.0. The number of hydrogen-bond acceptors (Lipinski definition) is 5. The fourth-order valence-corrected chi connectivity index (χ4v) is 2.42. The maximum Gasteiger partial charge on any atom is 0.293 e. The lowest BCUT2D eigenvalue weighted by Gasteiger charge is -2.08. The smallest absolute Gasteiger partial charge is 0.293 e. The van der Waals surface area contributed by atoms with E-state index in [4.69, 9.17) is 13.7 Å². The van der Waals surface area contributed by atoms with Crippen molar-refractivity contribution in [3.05, 3.63) is 77.6 Å². The Labute approximate surface area is 155 Å². The van der Waals surface area contributed by atoms with E-state index < -0.39 is 35.6 Å². The summed E-state index contributed by atoms with van der Waals surface area (Å²) >= 11 is 0. The van der Waals surface area contributed by atoms with Gasteiger partial charge in [-0.05, 0) is 12.1 Å². The van der Waals surface area contributed by atoms with Crippen LogP contribution in [-0.4, -0.2) is 10.1 Å². The van der Waals surface area contributed by atoms with Crippen LogP contribution in [0.2, 0.25) is 0 Å². The van der Waals surface area contributed by atoms with Crippen molar-refractivity contribution in [3.8, 4) is 28.8 Å². The van der Waals surface area contributed by atoms with E-state index in [2.05, 4.69) is 10.1 Å². The number of aromatic nitrogens is 2. The molecule has 2 aromatic heterocycles. The number of hydrogen-bond donors (Lipinski definition) is 0. The van der Waals surface area contributed by atoms with Gasteiger partial charge in [-0.25, -0.2) is 8.78 Å². The van der Waals surface area contributed by atoms with Crippen LogP contribution in [-0.2, 0) is 6.61 Å². The van der Waals surface area contributed by atoms with Gasteiger partial charge in [0, 0.05) is 11.6 Å². The molecule has 0 unspecified atom stereocenters. The third kappa shape index (κ3) is 3.34. The van der Waals surface area contributed by atoms with Crippen LogP contribution in [0.15, 0.2) is 57.5 Å². The van der Waals surface area contributed by atoms with Crippen LogP contribution in [0.1, 0.15) is 5.76 Å².